The van der Waals surface area contributed by atoms with Crippen LogP contribution in [0.25, 0.3) is 0 Å². The molecular weight excluding hydrogens is 390 g/mol. The van der Waals surface area contributed by atoms with E-state index in [2.05, 4.69) is 23.1 Å². The number of hydrogen-bond donors (Lipinski definition) is 0. The standard InChI is InChI=1S/C25H25N3O3/c29-21-15-20(26-24(17-21)27-10-12-31-13-11-27)16-25(30)28-22-9-5-4-8-19(22)14-23(28)18-6-2-1-3-7-18/h1-9,17,23H,10-16H2/t23-/m1/s1. The lowest BCUT2D eigenvalue weighted by Crippen LogP contribution is -2.37. The van der Waals surface area contributed by atoms with Crippen LogP contribution in [0.3, 0.4) is 0 Å². The monoisotopic (exact) mass is 415 g/mol. The van der Waals surface area contributed by atoms with Gasteiger partial charge in [0, 0.05) is 37.0 Å². The fourth-order valence-corrected chi connectivity index (χ4v) is 4.58. The van der Waals surface area contributed by atoms with E-state index in [0.29, 0.717) is 37.8 Å². The third-order valence-electron chi connectivity index (χ3n) is 6.06. The molecule has 6 heteroatoms. The molecule has 158 valence electrons. The number of nitrogens with zero attached hydrogens (tertiary/aromatic N) is 3. The Morgan fingerprint density at radius 2 is 1.77 bits per heavy atom. The van der Waals surface area contributed by atoms with E-state index in [1.54, 1.807) is 6.08 Å². The topological polar surface area (TPSA) is 62.2 Å². The Morgan fingerprint density at radius 1 is 1.03 bits per heavy atom. The normalized spacial score (nSPS) is 20.9. The molecule has 0 unspecified atom stereocenters. The number of morpholine rings is 1. The predicted octanol–water partition coefficient (Wildman–Crippen LogP) is 3.29. The molecule has 3 aliphatic heterocycles. The number of ether oxygens (including phenoxy) is 1. The fourth-order valence-electron chi connectivity index (χ4n) is 4.58. The van der Waals surface area contributed by atoms with Crippen LogP contribution in [0.1, 0.15) is 30.0 Å². The number of fused-ring (bicyclic) bond motifs is 1. The second kappa shape index (κ2) is 8.47. The molecule has 31 heavy (non-hydrogen) atoms. The molecule has 0 bridgehead atoms. The lowest BCUT2D eigenvalue weighted by molar-refractivity contribution is -0.117. The zero-order chi connectivity index (χ0) is 21.2. The van der Waals surface area contributed by atoms with Gasteiger partial charge in [0.25, 0.3) is 0 Å². The van der Waals surface area contributed by atoms with E-state index < -0.39 is 0 Å². The number of aliphatic imine (C=N–C) groups is 1. The highest BCUT2D eigenvalue weighted by Crippen LogP contribution is 2.40. The van der Waals surface area contributed by atoms with Crippen LogP contribution in [0.4, 0.5) is 5.69 Å². The minimum absolute atomic E-state index is 0.000670. The molecule has 1 amide bonds. The van der Waals surface area contributed by atoms with E-state index in [1.807, 2.05) is 41.3 Å². The summed E-state index contributed by atoms with van der Waals surface area (Å²) in [6.07, 6.45) is 2.73. The number of para-hydroxylation sites is 1. The molecular formula is C25H25N3O3. The van der Waals surface area contributed by atoms with Crippen molar-refractivity contribution >= 4 is 23.1 Å². The maximum absolute atomic E-state index is 13.5. The van der Waals surface area contributed by atoms with Gasteiger partial charge in [-0.2, -0.15) is 0 Å². The van der Waals surface area contributed by atoms with Gasteiger partial charge in [-0.1, -0.05) is 48.5 Å². The van der Waals surface area contributed by atoms with Gasteiger partial charge in [-0.3, -0.25) is 9.59 Å². The quantitative estimate of drug-likeness (QED) is 0.769. The molecule has 0 spiro atoms. The highest BCUT2D eigenvalue weighted by molar-refractivity contribution is 6.16. The molecule has 6 nitrogen and oxygen atoms in total. The first-order valence-electron chi connectivity index (χ1n) is 10.8. The minimum Gasteiger partial charge on any atom is -0.378 e. The van der Waals surface area contributed by atoms with Gasteiger partial charge in [0.15, 0.2) is 5.78 Å². The molecule has 2 aromatic rings. The van der Waals surface area contributed by atoms with Crippen molar-refractivity contribution in [3.8, 4) is 0 Å². The van der Waals surface area contributed by atoms with E-state index in [-0.39, 0.29) is 30.6 Å². The number of carbonyl (C=O) groups excluding carboxylic acids is 2. The first kappa shape index (κ1) is 19.7. The number of anilines is 1. The van der Waals surface area contributed by atoms with Crippen molar-refractivity contribution in [2.45, 2.75) is 25.3 Å². The minimum atomic E-state index is -0.0414. The lowest BCUT2D eigenvalue weighted by atomic mass is 10.0. The Labute approximate surface area is 181 Å². The summed E-state index contributed by atoms with van der Waals surface area (Å²) >= 11 is 0. The predicted molar refractivity (Wildman–Crippen MR) is 119 cm³/mol. The molecule has 0 aliphatic carbocycles. The highest BCUT2D eigenvalue weighted by atomic mass is 16.5. The summed E-state index contributed by atoms with van der Waals surface area (Å²) in [6.45, 7) is 2.66. The number of ketones is 1. The molecule has 5 rings (SSSR count). The maximum Gasteiger partial charge on any atom is 0.233 e. The molecule has 0 N–H and O–H groups in total. The van der Waals surface area contributed by atoms with Gasteiger partial charge in [-0.05, 0) is 23.6 Å². The van der Waals surface area contributed by atoms with Crippen LogP contribution in [0, 0.1) is 0 Å². The SMILES string of the molecule is O=C1C=C(N2CCOCC2)N=C(CC(=O)N2c3ccccc3C[C@@H]2c2ccccc2)C1. The summed E-state index contributed by atoms with van der Waals surface area (Å²) in [5.41, 5.74) is 3.87. The van der Waals surface area contributed by atoms with Crippen LogP contribution < -0.4 is 4.90 Å². The van der Waals surface area contributed by atoms with Gasteiger partial charge in [0.1, 0.15) is 5.82 Å². The van der Waals surface area contributed by atoms with Gasteiger partial charge in [-0.15, -0.1) is 0 Å². The van der Waals surface area contributed by atoms with Gasteiger partial charge in [0.05, 0.1) is 25.7 Å². The lowest BCUT2D eigenvalue weighted by Gasteiger charge is -2.30. The van der Waals surface area contributed by atoms with Crippen LogP contribution in [0.5, 0.6) is 0 Å². The molecule has 0 saturated carbocycles. The summed E-state index contributed by atoms with van der Waals surface area (Å²) in [5, 5.41) is 0. The molecule has 1 fully saturated rings. The first-order valence-corrected chi connectivity index (χ1v) is 10.8. The fraction of sp³-hybridized carbons (Fsp3) is 0.320. The Kier molecular flexibility index (Phi) is 5.38. The van der Waals surface area contributed by atoms with E-state index in [9.17, 15) is 9.59 Å². The van der Waals surface area contributed by atoms with Crippen LogP contribution in [0.15, 0.2) is 71.5 Å². The Morgan fingerprint density at radius 3 is 2.58 bits per heavy atom. The smallest absolute Gasteiger partial charge is 0.233 e. The van der Waals surface area contributed by atoms with Crippen LogP contribution in [-0.2, 0) is 20.7 Å². The third kappa shape index (κ3) is 4.03. The van der Waals surface area contributed by atoms with E-state index >= 15 is 0 Å². The summed E-state index contributed by atoms with van der Waals surface area (Å²) in [5.74, 6) is 0.637. The number of amides is 1. The van der Waals surface area contributed by atoms with Crippen molar-refractivity contribution in [3.05, 3.63) is 77.6 Å². The first-order chi connectivity index (χ1) is 15.2. The second-order valence-corrected chi connectivity index (χ2v) is 8.12. The number of benzene rings is 2. The molecule has 1 atom stereocenters. The molecule has 1 saturated heterocycles. The zero-order valence-electron chi connectivity index (χ0n) is 17.4. The van der Waals surface area contributed by atoms with Crippen molar-refractivity contribution in [2.24, 2.45) is 4.99 Å². The van der Waals surface area contributed by atoms with Crippen molar-refractivity contribution in [1.82, 2.24) is 4.90 Å². The van der Waals surface area contributed by atoms with Gasteiger partial charge < -0.3 is 14.5 Å². The second-order valence-electron chi connectivity index (χ2n) is 8.12. The maximum atomic E-state index is 13.5. The van der Waals surface area contributed by atoms with Crippen molar-refractivity contribution in [2.75, 3.05) is 31.2 Å². The van der Waals surface area contributed by atoms with E-state index in [0.717, 1.165) is 17.7 Å². The number of allylic oxidation sites excluding steroid dienone is 1. The summed E-state index contributed by atoms with van der Waals surface area (Å²) in [7, 11) is 0. The molecule has 3 heterocycles. The molecule has 0 aromatic heterocycles. The molecule has 3 aliphatic rings. The van der Waals surface area contributed by atoms with Crippen LogP contribution in [0.2, 0.25) is 0 Å². The highest BCUT2D eigenvalue weighted by Gasteiger charge is 2.35. The Balaban J connectivity index is 1.41. The number of rotatable bonds is 4. The number of hydrogen-bond acceptors (Lipinski definition) is 5. The van der Waals surface area contributed by atoms with E-state index in [1.165, 1.54) is 5.56 Å². The van der Waals surface area contributed by atoms with Gasteiger partial charge >= 0.3 is 0 Å². The summed E-state index contributed by atoms with van der Waals surface area (Å²) in [4.78, 5) is 34.6. The largest absolute Gasteiger partial charge is 0.378 e. The average molecular weight is 415 g/mol. The van der Waals surface area contributed by atoms with Crippen molar-refractivity contribution in [1.29, 1.82) is 0 Å². The summed E-state index contributed by atoms with van der Waals surface area (Å²) < 4.78 is 5.40. The van der Waals surface area contributed by atoms with Crippen LogP contribution >= 0.6 is 0 Å². The number of carbonyl (C=O) groups is 2. The van der Waals surface area contributed by atoms with Crippen molar-refractivity contribution < 1.29 is 14.3 Å². The average Bonchev–Trinajstić information content (AvgIpc) is 3.20. The molecule has 0 radical (unpaired) electrons. The Bertz CT molecular complexity index is 1050. The van der Waals surface area contributed by atoms with Gasteiger partial charge in [0.2, 0.25) is 5.91 Å². The van der Waals surface area contributed by atoms with Crippen molar-refractivity contribution in [3.63, 3.8) is 0 Å². The van der Waals surface area contributed by atoms with Gasteiger partial charge in [-0.25, -0.2) is 4.99 Å². The summed E-state index contributed by atoms with van der Waals surface area (Å²) in [6, 6.07) is 18.2. The van der Waals surface area contributed by atoms with Crippen LogP contribution in [-0.4, -0.2) is 48.6 Å². The van der Waals surface area contributed by atoms with E-state index in [4.69, 9.17) is 9.73 Å². The third-order valence-corrected chi connectivity index (χ3v) is 6.06. The molecule has 2 aromatic carbocycles. The Hall–Kier alpha value is -3.25. The zero-order valence-corrected chi connectivity index (χ0v) is 17.4.